The molecule has 3 heterocycles. The number of carbonyl (C=O) groups excluding carboxylic acids is 1. The standard InChI is InChI=1S/C22H23N7O/c1-3-4-12-24-21(30)16-7-9-18(10-8-16)26-19-13-15(2)25-22-27-20(28-29(19)22)17-6-5-11-23-14-17/h5-11,13-14,26H,3-4,12H2,1-2H3,(H,24,30). The summed E-state index contributed by atoms with van der Waals surface area (Å²) in [6.07, 6.45) is 5.46. The first-order valence-corrected chi connectivity index (χ1v) is 9.94. The molecule has 2 N–H and O–H groups in total. The molecular formula is C22H23N7O. The van der Waals surface area contributed by atoms with Gasteiger partial charge in [-0.25, -0.2) is 4.98 Å². The van der Waals surface area contributed by atoms with Crippen LogP contribution in [0.1, 0.15) is 35.8 Å². The van der Waals surface area contributed by atoms with Gasteiger partial charge >= 0.3 is 0 Å². The maximum atomic E-state index is 12.2. The molecule has 0 bridgehead atoms. The second-order valence-corrected chi connectivity index (χ2v) is 6.98. The van der Waals surface area contributed by atoms with Crippen LogP contribution in [0.25, 0.3) is 17.2 Å². The average molecular weight is 401 g/mol. The van der Waals surface area contributed by atoms with Crippen molar-refractivity contribution in [3.05, 3.63) is 66.1 Å². The summed E-state index contributed by atoms with van der Waals surface area (Å²) < 4.78 is 1.67. The van der Waals surface area contributed by atoms with Crippen LogP contribution in [0.4, 0.5) is 11.5 Å². The van der Waals surface area contributed by atoms with Gasteiger partial charge in [0.1, 0.15) is 5.82 Å². The van der Waals surface area contributed by atoms with Crippen LogP contribution in [0.15, 0.2) is 54.9 Å². The zero-order valence-corrected chi connectivity index (χ0v) is 17.0. The smallest absolute Gasteiger partial charge is 0.254 e. The Morgan fingerprint density at radius 2 is 1.97 bits per heavy atom. The molecule has 4 rings (SSSR count). The minimum atomic E-state index is -0.0606. The Bertz CT molecular complexity index is 1150. The van der Waals surface area contributed by atoms with Gasteiger partial charge in [0.25, 0.3) is 11.7 Å². The Balaban J connectivity index is 1.57. The van der Waals surface area contributed by atoms with Crippen molar-refractivity contribution in [2.45, 2.75) is 26.7 Å². The molecular weight excluding hydrogens is 378 g/mol. The van der Waals surface area contributed by atoms with E-state index in [1.54, 1.807) is 29.0 Å². The Kier molecular flexibility index (Phi) is 5.65. The first-order valence-electron chi connectivity index (χ1n) is 9.94. The minimum absolute atomic E-state index is 0.0606. The van der Waals surface area contributed by atoms with E-state index >= 15 is 0 Å². The van der Waals surface area contributed by atoms with Crippen LogP contribution in [0.5, 0.6) is 0 Å². The number of benzene rings is 1. The maximum Gasteiger partial charge on any atom is 0.254 e. The molecule has 3 aromatic heterocycles. The van der Waals surface area contributed by atoms with Crippen molar-refractivity contribution >= 4 is 23.2 Å². The number of amides is 1. The van der Waals surface area contributed by atoms with Gasteiger partial charge in [-0.15, -0.1) is 5.10 Å². The first-order chi connectivity index (χ1) is 14.6. The van der Waals surface area contributed by atoms with E-state index in [9.17, 15) is 4.79 Å². The van der Waals surface area contributed by atoms with E-state index in [-0.39, 0.29) is 5.91 Å². The number of hydrogen-bond donors (Lipinski definition) is 2. The predicted molar refractivity (Wildman–Crippen MR) is 116 cm³/mol. The quantitative estimate of drug-likeness (QED) is 0.458. The molecule has 0 fully saturated rings. The molecule has 0 aliphatic heterocycles. The number of anilines is 2. The molecule has 8 nitrogen and oxygen atoms in total. The average Bonchev–Trinajstić information content (AvgIpc) is 3.19. The number of nitrogens with one attached hydrogen (secondary N) is 2. The highest BCUT2D eigenvalue weighted by molar-refractivity contribution is 5.94. The summed E-state index contributed by atoms with van der Waals surface area (Å²) in [6, 6.07) is 13.0. The summed E-state index contributed by atoms with van der Waals surface area (Å²) in [4.78, 5) is 25.3. The molecule has 1 amide bonds. The van der Waals surface area contributed by atoms with Gasteiger partial charge in [-0.3, -0.25) is 9.78 Å². The molecule has 0 saturated heterocycles. The minimum Gasteiger partial charge on any atom is -0.352 e. The lowest BCUT2D eigenvalue weighted by Crippen LogP contribution is -2.24. The van der Waals surface area contributed by atoms with Crippen LogP contribution in [0.2, 0.25) is 0 Å². The van der Waals surface area contributed by atoms with Crippen LogP contribution in [0.3, 0.4) is 0 Å². The zero-order chi connectivity index (χ0) is 20.9. The number of hydrogen-bond acceptors (Lipinski definition) is 6. The van der Waals surface area contributed by atoms with Crippen molar-refractivity contribution in [2.75, 3.05) is 11.9 Å². The predicted octanol–water partition coefficient (Wildman–Crippen LogP) is 3.77. The molecule has 0 radical (unpaired) electrons. The third kappa shape index (κ3) is 4.27. The summed E-state index contributed by atoms with van der Waals surface area (Å²) in [5.74, 6) is 1.74. The molecule has 0 saturated carbocycles. The third-order valence-corrected chi connectivity index (χ3v) is 4.60. The Hall–Kier alpha value is -3.81. The fourth-order valence-electron chi connectivity index (χ4n) is 3.03. The first kappa shape index (κ1) is 19.5. The fourth-order valence-corrected chi connectivity index (χ4v) is 3.03. The van der Waals surface area contributed by atoms with Gasteiger partial charge in [0, 0.05) is 47.5 Å². The number of fused-ring (bicyclic) bond motifs is 1. The summed E-state index contributed by atoms with van der Waals surface area (Å²) in [5, 5.41) is 10.9. The second kappa shape index (κ2) is 8.69. The summed E-state index contributed by atoms with van der Waals surface area (Å²) in [7, 11) is 0. The lowest BCUT2D eigenvalue weighted by atomic mass is 10.2. The van der Waals surface area contributed by atoms with Crippen molar-refractivity contribution in [1.29, 1.82) is 0 Å². The van der Waals surface area contributed by atoms with Crippen LogP contribution in [-0.2, 0) is 0 Å². The molecule has 0 spiro atoms. The van der Waals surface area contributed by atoms with Crippen LogP contribution in [0, 0.1) is 6.92 Å². The number of nitrogens with zero attached hydrogens (tertiary/aromatic N) is 5. The molecule has 1 aromatic carbocycles. The van der Waals surface area contributed by atoms with Gasteiger partial charge in [-0.2, -0.15) is 9.50 Å². The van der Waals surface area contributed by atoms with E-state index in [2.05, 4.69) is 37.6 Å². The SMILES string of the molecule is CCCCNC(=O)c1ccc(Nc2cc(C)nc3nc(-c4cccnc4)nn23)cc1. The number of aromatic nitrogens is 5. The van der Waals surface area contributed by atoms with E-state index in [0.29, 0.717) is 23.7 Å². The van der Waals surface area contributed by atoms with Gasteiger partial charge in [0.05, 0.1) is 0 Å². The highest BCUT2D eigenvalue weighted by Gasteiger charge is 2.12. The number of aryl methyl sites for hydroxylation is 1. The van der Waals surface area contributed by atoms with Crippen molar-refractivity contribution < 1.29 is 4.79 Å². The Morgan fingerprint density at radius 3 is 2.70 bits per heavy atom. The van der Waals surface area contributed by atoms with Gasteiger partial charge in [-0.05, 0) is 49.7 Å². The van der Waals surface area contributed by atoms with Crippen LogP contribution in [-0.4, -0.2) is 37.0 Å². The zero-order valence-electron chi connectivity index (χ0n) is 17.0. The molecule has 0 atom stereocenters. The van der Waals surface area contributed by atoms with Crippen LogP contribution < -0.4 is 10.6 Å². The summed E-state index contributed by atoms with van der Waals surface area (Å²) in [5.41, 5.74) is 3.12. The van der Waals surface area contributed by atoms with E-state index in [1.807, 2.05) is 37.3 Å². The third-order valence-electron chi connectivity index (χ3n) is 4.60. The van der Waals surface area contributed by atoms with E-state index in [4.69, 9.17) is 0 Å². The summed E-state index contributed by atoms with van der Waals surface area (Å²) >= 11 is 0. The van der Waals surface area contributed by atoms with Gasteiger partial charge in [0.2, 0.25) is 0 Å². The lowest BCUT2D eigenvalue weighted by Gasteiger charge is -2.10. The van der Waals surface area contributed by atoms with Crippen molar-refractivity contribution in [3.63, 3.8) is 0 Å². The van der Waals surface area contributed by atoms with E-state index in [0.717, 1.165) is 35.6 Å². The normalized spacial score (nSPS) is 10.9. The number of carbonyl (C=O) groups is 1. The number of unbranched alkanes of at least 4 members (excludes halogenated alkanes) is 1. The van der Waals surface area contributed by atoms with Gasteiger partial charge in [0.15, 0.2) is 5.82 Å². The Labute approximate surface area is 174 Å². The van der Waals surface area contributed by atoms with E-state index < -0.39 is 0 Å². The molecule has 0 unspecified atom stereocenters. The second-order valence-electron chi connectivity index (χ2n) is 6.98. The molecule has 30 heavy (non-hydrogen) atoms. The monoisotopic (exact) mass is 401 g/mol. The summed E-state index contributed by atoms with van der Waals surface area (Å²) in [6.45, 7) is 4.70. The van der Waals surface area contributed by atoms with Crippen LogP contribution >= 0.6 is 0 Å². The van der Waals surface area contributed by atoms with Crippen molar-refractivity contribution in [2.24, 2.45) is 0 Å². The number of pyridine rings is 1. The highest BCUT2D eigenvalue weighted by Crippen LogP contribution is 2.21. The lowest BCUT2D eigenvalue weighted by molar-refractivity contribution is 0.0953. The number of rotatable bonds is 7. The molecule has 152 valence electrons. The van der Waals surface area contributed by atoms with Crippen molar-refractivity contribution in [3.8, 4) is 11.4 Å². The largest absolute Gasteiger partial charge is 0.352 e. The van der Waals surface area contributed by atoms with E-state index in [1.165, 1.54) is 0 Å². The van der Waals surface area contributed by atoms with Crippen molar-refractivity contribution in [1.82, 2.24) is 29.9 Å². The Morgan fingerprint density at radius 1 is 1.13 bits per heavy atom. The topological polar surface area (TPSA) is 97.1 Å². The van der Waals surface area contributed by atoms with Gasteiger partial charge < -0.3 is 10.6 Å². The highest BCUT2D eigenvalue weighted by atomic mass is 16.1. The molecule has 8 heteroatoms. The maximum absolute atomic E-state index is 12.2. The molecule has 0 aliphatic rings. The molecule has 4 aromatic rings. The van der Waals surface area contributed by atoms with Gasteiger partial charge in [-0.1, -0.05) is 13.3 Å². The molecule has 0 aliphatic carbocycles. The fraction of sp³-hybridized carbons (Fsp3) is 0.227.